The van der Waals surface area contributed by atoms with Crippen LogP contribution in [0.2, 0.25) is 0 Å². The van der Waals surface area contributed by atoms with Crippen LogP contribution >= 0.6 is 0 Å². The SMILES string of the molecule is O=[S@@](c1ccc(NS(=O)(=O)c2ccc3c(c2)OCCCO3)cc1)C(F)(F)F. The highest BCUT2D eigenvalue weighted by Crippen LogP contribution is 2.33. The van der Waals surface area contributed by atoms with Crippen molar-refractivity contribution in [2.24, 2.45) is 0 Å². The Morgan fingerprint density at radius 3 is 2.22 bits per heavy atom. The Morgan fingerprint density at radius 1 is 0.963 bits per heavy atom. The van der Waals surface area contributed by atoms with E-state index in [2.05, 4.69) is 4.72 Å². The van der Waals surface area contributed by atoms with Crippen LogP contribution in [-0.2, 0) is 20.8 Å². The number of alkyl halides is 3. The molecule has 0 aromatic heterocycles. The first-order chi connectivity index (χ1) is 12.7. The Bertz CT molecular complexity index is 959. The smallest absolute Gasteiger partial charge is 0.475 e. The lowest BCUT2D eigenvalue weighted by molar-refractivity contribution is -0.0384. The number of rotatable bonds is 4. The summed E-state index contributed by atoms with van der Waals surface area (Å²) in [6.07, 6.45) is 0.667. The number of nitrogens with one attached hydrogen (secondary N) is 1. The molecule has 146 valence electrons. The van der Waals surface area contributed by atoms with Crippen LogP contribution < -0.4 is 14.2 Å². The number of hydrogen-bond donors (Lipinski definition) is 1. The third-order valence-electron chi connectivity index (χ3n) is 3.56. The molecule has 0 bridgehead atoms. The van der Waals surface area contributed by atoms with Gasteiger partial charge >= 0.3 is 5.51 Å². The molecule has 1 heterocycles. The highest BCUT2D eigenvalue weighted by molar-refractivity contribution is 7.92. The van der Waals surface area contributed by atoms with Crippen LogP contribution in [0.3, 0.4) is 0 Å². The lowest BCUT2D eigenvalue weighted by Gasteiger charge is -2.12. The minimum absolute atomic E-state index is 0.0324. The second-order valence-corrected chi connectivity index (χ2v) is 8.66. The van der Waals surface area contributed by atoms with Crippen LogP contribution in [0.1, 0.15) is 6.42 Å². The molecule has 6 nitrogen and oxygen atoms in total. The molecule has 3 rings (SSSR count). The van der Waals surface area contributed by atoms with E-state index in [1.807, 2.05) is 0 Å². The number of fused-ring (bicyclic) bond motifs is 1. The van der Waals surface area contributed by atoms with Gasteiger partial charge in [0.15, 0.2) is 22.3 Å². The molecule has 1 aliphatic rings. The first-order valence-electron chi connectivity index (χ1n) is 7.68. The minimum Gasteiger partial charge on any atom is -0.490 e. The average molecular weight is 421 g/mol. The van der Waals surface area contributed by atoms with Gasteiger partial charge in [0.05, 0.1) is 18.1 Å². The highest BCUT2D eigenvalue weighted by atomic mass is 32.2. The number of benzene rings is 2. The van der Waals surface area contributed by atoms with E-state index in [1.165, 1.54) is 18.2 Å². The maximum atomic E-state index is 12.5. The van der Waals surface area contributed by atoms with Crippen molar-refractivity contribution in [3.05, 3.63) is 42.5 Å². The molecule has 0 aliphatic carbocycles. The zero-order valence-corrected chi connectivity index (χ0v) is 15.3. The fraction of sp³-hybridized carbons (Fsp3) is 0.250. The van der Waals surface area contributed by atoms with Crippen LogP contribution in [0.15, 0.2) is 52.3 Å². The standard InChI is InChI=1S/C16H14F3NO5S2/c17-16(18,19)26(21)12-4-2-11(3-5-12)20-27(22,23)13-6-7-14-15(10-13)25-9-1-8-24-14/h2-7,10,20H,1,8-9H2/t26-/m0/s1. The van der Waals surface area contributed by atoms with Crippen molar-refractivity contribution in [3.8, 4) is 11.5 Å². The van der Waals surface area contributed by atoms with Gasteiger partial charge in [0, 0.05) is 23.1 Å². The molecule has 1 aliphatic heterocycles. The quantitative estimate of drug-likeness (QED) is 0.820. The normalized spacial score (nSPS) is 15.7. The maximum absolute atomic E-state index is 12.5. The zero-order valence-electron chi connectivity index (χ0n) is 13.7. The molecular formula is C16H14F3NO5S2. The van der Waals surface area contributed by atoms with E-state index in [1.54, 1.807) is 0 Å². The minimum atomic E-state index is -4.88. The zero-order chi connectivity index (χ0) is 19.7. The van der Waals surface area contributed by atoms with Gasteiger partial charge in [-0.15, -0.1) is 0 Å². The van der Waals surface area contributed by atoms with Crippen LogP contribution in [-0.4, -0.2) is 31.3 Å². The highest BCUT2D eigenvalue weighted by Gasteiger charge is 2.37. The van der Waals surface area contributed by atoms with E-state index in [0.29, 0.717) is 31.1 Å². The lowest BCUT2D eigenvalue weighted by atomic mass is 10.3. The summed E-state index contributed by atoms with van der Waals surface area (Å²) in [6, 6.07) is 8.26. The Morgan fingerprint density at radius 2 is 1.59 bits per heavy atom. The van der Waals surface area contributed by atoms with Gasteiger partial charge < -0.3 is 9.47 Å². The summed E-state index contributed by atoms with van der Waals surface area (Å²) in [5, 5.41) is 0. The van der Waals surface area contributed by atoms with Crippen LogP contribution in [0, 0.1) is 0 Å². The molecule has 0 radical (unpaired) electrons. The van der Waals surface area contributed by atoms with Crippen molar-refractivity contribution in [2.75, 3.05) is 17.9 Å². The first-order valence-corrected chi connectivity index (χ1v) is 10.3. The monoisotopic (exact) mass is 421 g/mol. The number of sulfonamides is 1. The number of anilines is 1. The van der Waals surface area contributed by atoms with Gasteiger partial charge in [0.2, 0.25) is 0 Å². The van der Waals surface area contributed by atoms with Gasteiger partial charge in [-0.3, -0.25) is 4.72 Å². The fourth-order valence-corrected chi connectivity index (χ4v) is 4.03. The van der Waals surface area contributed by atoms with Crippen molar-refractivity contribution in [2.45, 2.75) is 21.7 Å². The molecular weight excluding hydrogens is 407 g/mol. The van der Waals surface area contributed by atoms with Crippen molar-refractivity contribution < 1.29 is 35.3 Å². The first kappa shape index (κ1) is 19.5. The fourth-order valence-electron chi connectivity index (χ4n) is 2.31. The third-order valence-corrected chi connectivity index (χ3v) is 6.06. The van der Waals surface area contributed by atoms with E-state index in [4.69, 9.17) is 9.47 Å². The summed E-state index contributed by atoms with van der Waals surface area (Å²) in [6.45, 7) is 0.852. The molecule has 2 aromatic carbocycles. The predicted octanol–water partition coefficient (Wildman–Crippen LogP) is 3.28. The second-order valence-electron chi connectivity index (χ2n) is 5.50. The van der Waals surface area contributed by atoms with Crippen LogP contribution in [0.4, 0.5) is 18.9 Å². The Hall–Kier alpha value is -2.27. The van der Waals surface area contributed by atoms with Gasteiger partial charge in [-0.1, -0.05) is 0 Å². The summed E-state index contributed by atoms with van der Waals surface area (Å²) in [7, 11) is -7.18. The Labute approximate surface area is 155 Å². The Kier molecular flexibility index (Phi) is 5.33. The largest absolute Gasteiger partial charge is 0.490 e. The van der Waals surface area contributed by atoms with Gasteiger partial charge in [0.25, 0.3) is 10.0 Å². The predicted molar refractivity (Wildman–Crippen MR) is 91.8 cm³/mol. The molecule has 1 atom stereocenters. The molecule has 11 heteroatoms. The third kappa shape index (κ3) is 4.53. The number of hydrogen-bond acceptors (Lipinski definition) is 5. The maximum Gasteiger partial charge on any atom is 0.475 e. The topological polar surface area (TPSA) is 81.7 Å². The summed E-state index contributed by atoms with van der Waals surface area (Å²) < 4.78 is 86.8. The van der Waals surface area contributed by atoms with Crippen molar-refractivity contribution in [1.82, 2.24) is 0 Å². The molecule has 0 amide bonds. The van der Waals surface area contributed by atoms with Gasteiger partial charge in [-0.2, -0.15) is 13.2 Å². The van der Waals surface area contributed by atoms with Gasteiger partial charge in [0.1, 0.15) is 0 Å². The lowest BCUT2D eigenvalue weighted by Crippen LogP contribution is -2.16. The molecule has 0 spiro atoms. The van der Waals surface area contributed by atoms with E-state index in [0.717, 1.165) is 24.3 Å². The average Bonchev–Trinajstić information content (AvgIpc) is 2.85. The number of ether oxygens (including phenoxy) is 2. The Balaban J connectivity index is 1.80. The van der Waals surface area contributed by atoms with E-state index >= 15 is 0 Å². The molecule has 27 heavy (non-hydrogen) atoms. The molecule has 0 unspecified atom stereocenters. The van der Waals surface area contributed by atoms with Gasteiger partial charge in [-0.25, -0.2) is 12.6 Å². The summed E-state index contributed by atoms with van der Waals surface area (Å²) in [5.41, 5.74) is -4.85. The van der Waals surface area contributed by atoms with E-state index < -0.39 is 31.2 Å². The van der Waals surface area contributed by atoms with Crippen molar-refractivity contribution in [1.29, 1.82) is 0 Å². The van der Waals surface area contributed by atoms with Crippen LogP contribution in [0.25, 0.3) is 0 Å². The van der Waals surface area contributed by atoms with Crippen molar-refractivity contribution in [3.63, 3.8) is 0 Å². The molecule has 0 saturated heterocycles. The molecule has 0 saturated carbocycles. The molecule has 1 N–H and O–H groups in total. The van der Waals surface area contributed by atoms with Gasteiger partial charge in [-0.05, 0) is 36.4 Å². The number of halogens is 3. The second kappa shape index (κ2) is 7.39. The summed E-state index contributed by atoms with van der Waals surface area (Å²) in [4.78, 5) is -0.560. The van der Waals surface area contributed by atoms with Crippen LogP contribution in [0.5, 0.6) is 11.5 Å². The summed E-state index contributed by atoms with van der Waals surface area (Å²) >= 11 is 0. The van der Waals surface area contributed by atoms with E-state index in [-0.39, 0.29) is 10.6 Å². The van der Waals surface area contributed by atoms with E-state index in [9.17, 15) is 25.8 Å². The van der Waals surface area contributed by atoms with Crippen molar-refractivity contribution >= 4 is 26.5 Å². The summed E-state index contributed by atoms with van der Waals surface area (Å²) in [5.74, 6) is 0.733. The molecule has 2 aromatic rings. The molecule has 0 fully saturated rings.